The number of carbonyl (C=O) groups is 1. The smallest absolute Gasteiger partial charge is 0.234 e. The second kappa shape index (κ2) is 7.60. The van der Waals surface area contributed by atoms with E-state index in [1.54, 1.807) is 0 Å². The van der Waals surface area contributed by atoms with E-state index in [0.717, 1.165) is 12.8 Å². The maximum Gasteiger partial charge on any atom is 0.234 e. The fraction of sp³-hybridized carbons (Fsp3) is 0.278. The van der Waals surface area contributed by atoms with Gasteiger partial charge >= 0.3 is 0 Å². The van der Waals surface area contributed by atoms with Crippen molar-refractivity contribution in [2.45, 2.75) is 31.8 Å². The Morgan fingerprint density at radius 2 is 1.38 bits per heavy atom. The van der Waals surface area contributed by atoms with Gasteiger partial charge < -0.3 is 11.1 Å². The first kappa shape index (κ1) is 15.3. The van der Waals surface area contributed by atoms with E-state index in [0.29, 0.717) is 0 Å². The number of amides is 1. The lowest BCUT2D eigenvalue weighted by Crippen LogP contribution is -2.46. The van der Waals surface area contributed by atoms with Crippen molar-refractivity contribution in [1.29, 1.82) is 0 Å². The summed E-state index contributed by atoms with van der Waals surface area (Å²) in [5, 5.41) is 3.34. The zero-order valence-corrected chi connectivity index (χ0v) is 12.3. The van der Waals surface area contributed by atoms with Crippen molar-refractivity contribution < 1.29 is 4.79 Å². The molecule has 110 valence electrons. The number of nitrogens with one attached hydrogen (secondary N) is 1. The zero-order chi connectivity index (χ0) is 15.1. The van der Waals surface area contributed by atoms with Crippen LogP contribution < -0.4 is 11.1 Å². The van der Waals surface area contributed by atoms with Crippen molar-refractivity contribution in [3.63, 3.8) is 0 Å². The molecule has 21 heavy (non-hydrogen) atoms. The van der Waals surface area contributed by atoms with Crippen LogP contribution in [0.25, 0.3) is 0 Å². The van der Waals surface area contributed by atoms with Crippen molar-refractivity contribution >= 4 is 5.91 Å². The number of nitrogens with two attached hydrogens (primary N) is 1. The summed E-state index contributed by atoms with van der Waals surface area (Å²) in [6.45, 7) is 1.81. The number of hydrogen-bond acceptors (Lipinski definition) is 2. The molecule has 0 saturated heterocycles. The summed E-state index contributed by atoms with van der Waals surface area (Å²) in [6.07, 6.45) is 1.74. The van der Waals surface area contributed by atoms with Gasteiger partial charge in [-0.2, -0.15) is 0 Å². The first-order valence-corrected chi connectivity index (χ1v) is 7.28. The molecule has 0 heterocycles. The number of carbonyl (C=O) groups excluding carboxylic acids is 1. The summed E-state index contributed by atoms with van der Waals surface area (Å²) in [4.78, 5) is 11.3. The minimum Gasteiger partial charge on any atom is -0.368 e. The molecule has 3 N–H and O–H groups in total. The lowest BCUT2D eigenvalue weighted by Gasteiger charge is -2.22. The van der Waals surface area contributed by atoms with Crippen molar-refractivity contribution in [1.82, 2.24) is 5.32 Å². The monoisotopic (exact) mass is 282 g/mol. The van der Waals surface area contributed by atoms with Crippen LogP contribution in [-0.4, -0.2) is 18.0 Å². The molecular formula is C18H22N2O. The van der Waals surface area contributed by atoms with E-state index in [-0.39, 0.29) is 18.0 Å². The summed E-state index contributed by atoms with van der Waals surface area (Å²) in [5.74, 6) is -0.318. The van der Waals surface area contributed by atoms with Gasteiger partial charge in [0.05, 0.1) is 6.04 Å². The summed E-state index contributed by atoms with van der Waals surface area (Å²) in [5.41, 5.74) is 7.87. The Hall–Kier alpha value is -2.13. The standard InChI is InChI=1S/C18H22N2O/c1-14(18(19)21)20-17(12-15-8-4-2-5-9-15)13-16-10-6-3-7-11-16/h2-11,14,17,20H,12-13H2,1H3,(H2,19,21). The predicted molar refractivity (Wildman–Crippen MR) is 85.9 cm³/mol. The van der Waals surface area contributed by atoms with Crippen LogP contribution >= 0.6 is 0 Å². The van der Waals surface area contributed by atoms with Crippen LogP contribution in [0.1, 0.15) is 18.1 Å². The highest BCUT2D eigenvalue weighted by atomic mass is 16.1. The number of benzene rings is 2. The molecule has 0 spiro atoms. The summed E-state index contributed by atoms with van der Waals surface area (Å²) >= 11 is 0. The topological polar surface area (TPSA) is 55.1 Å². The third kappa shape index (κ3) is 5.04. The van der Waals surface area contributed by atoms with Gasteiger partial charge in [0.15, 0.2) is 0 Å². The van der Waals surface area contributed by atoms with Crippen LogP contribution in [-0.2, 0) is 17.6 Å². The summed E-state index contributed by atoms with van der Waals surface area (Å²) < 4.78 is 0. The molecule has 0 aliphatic heterocycles. The highest BCUT2D eigenvalue weighted by Crippen LogP contribution is 2.10. The Morgan fingerprint density at radius 3 is 1.76 bits per heavy atom. The lowest BCUT2D eigenvalue weighted by atomic mass is 9.98. The van der Waals surface area contributed by atoms with Crippen LogP contribution in [0.15, 0.2) is 60.7 Å². The quantitative estimate of drug-likeness (QED) is 0.818. The molecule has 0 fully saturated rings. The van der Waals surface area contributed by atoms with Gasteiger partial charge in [-0.1, -0.05) is 60.7 Å². The molecule has 2 rings (SSSR count). The van der Waals surface area contributed by atoms with Gasteiger partial charge in [0, 0.05) is 6.04 Å². The zero-order valence-electron chi connectivity index (χ0n) is 12.3. The van der Waals surface area contributed by atoms with Gasteiger partial charge in [-0.15, -0.1) is 0 Å². The lowest BCUT2D eigenvalue weighted by molar-refractivity contribution is -0.119. The fourth-order valence-corrected chi connectivity index (χ4v) is 2.42. The molecular weight excluding hydrogens is 260 g/mol. The van der Waals surface area contributed by atoms with Gasteiger partial charge in [0.1, 0.15) is 0 Å². The third-order valence-electron chi connectivity index (χ3n) is 3.56. The van der Waals surface area contributed by atoms with Crippen LogP contribution in [0.3, 0.4) is 0 Å². The molecule has 2 aromatic rings. The van der Waals surface area contributed by atoms with Gasteiger partial charge in [0.25, 0.3) is 0 Å². The van der Waals surface area contributed by atoms with E-state index >= 15 is 0 Å². The van der Waals surface area contributed by atoms with Crippen LogP contribution in [0.5, 0.6) is 0 Å². The first-order chi connectivity index (χ1) is 10.1. The van der Waals surface area contributed by atoms with E-state index in [4.69, 9.17) is 5.73 Å². The number of primary amides is 1. The maximum atomic E-state index is 11.3. The number of hydrogen-bond donors (Lipinski definition) is 2. The summed E-state index contributed by atoms with van der Waals surface area (Å²) in [7, 11) is 0. The highest BCUT2D eigenvalue weighted by Gasteiger charge is 2.16. The minimum atomic E-state index is -0.331. The summed E-state index contributed by atoms with van der Waals surface area (Å²) in [6, 6.07) is 20.4. The largest absolute Gasteiger partial charge is 0.368 e. The molecule has 1 amide bonds. The molecule has 1 atom stereocenters. The van der Waals surface area contributed by atoms with Crippen molar-refractivity contribution in [3.8, 4) is 0 Å². The highest BCUT2D eigenvalue weighted by molar-refractivity contribution is 5.79. The Kier molecular flexibility index (Phi) is 5.52. The predicted octanol–water partition coefficient (Wildman–Crippen LogP) is 2.30. The average Bonchev–Trinajstić information content (AvgIpc) is 2.49. The SMILES string of the molecule is CC(NC(Cc1ccccc1)Cc1ccccc1)C(N)=O. The Balaban J connectivity index is 2.08. The Labute approximate surface area is 126 Å². The maximum absolute atomic E-state index is 11.3. The van der Waals surface area contributed by atoms with Gasteiger partial charge in [0.2, 0.25) is 5.91 Å². The van der Waals surface area contributed by atoms with E-state index < -0.39 is 0 Å². The van der Waals surface area contributed by atoms with Crippen molar-refractivity contribution in [3.05, 3.63) is 71.8 Å². The van der Waals surface area contributed by atoms with E-state index in [1.165, 1.54) is 11.1 Å². The molecule has 3 heteroatoms. The molecule has 0 saturated carbocycles. The molecule has 0 radical (unpaired) electrons. The second-order valence-corrected chi connectivity index (χ2v) is 5.37. The van der Waals surface area contributed by atoms with E-state index in [2.05, 4.69) is 29.6 Å². The van der Waals surface area contributed by atoms with Gasteiger partial charge in [-0.3, -0.25) is 4.79 Å². The molecule has 1 unspecified atom stereocenters. The second-order valence-electron chi connectivity index (χ2n) is 5.37. The van der Waals surface area contributed by atoms with Gasteiger partial charge in [-0.25, -0.2) is 0 Å². The van der Waals surface area contributed by atoms with Crippen LogP contribution in [0.4, 0.5) is 0 Å². The molecule has 0 aromatic heterocycles. The van der Waals surface area contributed by atoms with Crippen LogP contribution in [0, 0.1) is 0 Å². The molecule has 0 aliphatic rings. The molecule has 2 aromatic carbocycles. The molecule has 0 aliphatic carbocycles. The van der Waals surface area contributed by atoms with Crippen molar-refractivity contribution in [2.24, 2.45) is 5.73 Å². The van der Waals surface area contributed by atoms with E-state index in [1.807, 2.05) is 43.3 Å². The van der Waals surface area contributed by atoms with Crippen LogP contribution in [0.2, 0.25) is 0 Å². The molecule has 3 nitrogen and oxygen atoms in total. The fourth-order valence-electron chi connectivity index (χ4n) is 2.42. The molecule has 0 bridgehead atoms. The van der Waals surface area contributed by atoms with Crippen molar-refractivity contribution in [2.75, 3.05) is 0 Å². The first-order valence-electron chi connectivity index (χ1n) is 7.28. The van der Waals surface area contributed by atoms with Gasteiger partial charge in [-0.05, 0) is 30.9 Å². The van der Waals surface area contributed by atoms with E-state index in [9.17, 15) is 4.79 Å². The minimum absolute atomic E-state index is 0.178. The normalized spacial score (nSPS) is 12.3. The average molecular weight is 282 g/mol. The number of rotatable bonds is 7. The Morgan fingerprint density at radius 1 is 0.952 bits per heavy atom. The third-order valence-corrected chi connectivity index (χ3v) is 3.56. The Bertz CT molecular complexity index is 512.